The van der Waals surface area contributed by atoms with Crippen molar-refractivity contribution in [2.75, 3.05) is 26.7 Å². The van der Waals surface area contributed by atoms with Crippen LogP contribution in [0.1, 0.15) is 38.8 Å². The summed E-state index contributed by atoms with van der Waals surface area (Å²) in [5.74, 6) is -0.243. The SMILES string of the molecule is COC(=O)Cc1ccc(CN2CC[N+](C(=O)O)(C(C)(C)C)[C@@H](C)C2)cc1. The van der Waals surface area contributed by atoms with Crippen LogP contribution in [-0.4, -0.2) is 64.9 Å². The summed E-state index contributed by atoms with van der Waals surface area (Å²) in [6, 6.07) is 7.97. The minimum Gasteiger partial charge on any atom is -0.469 e. The number of carboxylic acid groups (broad SMARTS) is 1. The summed E-state index contributed by atoms with van der Waals surface area (Å²) in [5, 5.41) is 9.91. The fourth-order valence-corrected chi connectivity index (χ4v) is 4.09. The van der Waals surface area contributed by atoms with Gasteiger partial charge in [0.15, 0.2) is 0 Å². The molecule has 0 radical (unpaired) electrons. The van der Waals surface area contributed by atoms with Crippen LogP contribution in [0.25, 0.3) is 0 Å². The number of nitrogens with zero attached hydrogens (tertiary/aromatic N) is 2. The maximum Gasteiger partial charge on any atom is 0.514 e. The Morgan fingerprint density at radius 2 is 1.81 bits per heavy atom. The largest absolute Gasteiger partial charge is 0.514 e. The van der Waals surface area contributed by atoms with Gasteiger partial charge in [-0.3, -0.25) is 9.69 Å². The van der Waals surface area contributed by atoms with Gasteiger partial charge in [-0.15, -0.1) is 0 Å². The Balaban J connectivity index is 2.03. The van der Waals surface area contributed by atoms with Gasteiger partial charge in [0.1, 0.15) is 18.1 Å². The molecule has 2 atom stereocenters. The summed E-state index contributed by atoms with van der Waals surface area (Å²) in [7, 11) is 1.39. The van der Waals surface area contributed by atoms with E-state index in [0.717, 1.165) is 30.8 Å². The van der Waals surface area contributed by atoms with E-state index >= 15 is 0 Å². The Kier molecular flexibility index (Phi) is 6.09. The molecule has 1 unspecified atom stereocenters. The van der Waals surface area contributed by atoms with E-state index in [2.05, 4.69) is 9.64 Å². The molecule has 1 aromatic carbocycles. The number of rotatable bonds is 4. The molecule has 0 aliphatic carbocycles. The number of benzene rings is 1. The standard InChI is InChI=1S/C20H30N2O4/c1-15-13-21(10-11-22(15,19(24)25)20(2,3)4)14-17-8-6-16(7-9-17)12-18(23)26-5/h6-9,15H,10-14H2,1-5H3/p+1/t15-,22?/m0/s1. The van der Waals surface area contributed by atoms with Crippen molar-refractivity contribution in [2.45, 2.75) is 52.2 Å². The van der Waals surface area contributed by atoms with Gasteiger partial charge in [-0.05, 0) is 38.8 Å². The normalized spacial score (nSPS) is 24.3. The van der Waals surface area contributed by atoms with Crippen LogP contribution in [0.5, 0.6) is 0 Å². The number of ether oxygens (including phenoxy) is 1. The van der Waals surface area contributed by atoms with Gasteiger partial charge in [-0.2, -0.15) is 4.79 Å². The Morgan fingerprint density at radius 3 is 2.27 bits per heavy atom. The number of esters is 1. The quantitative estimate of drug-likeness (QED) is 0.658. The molecule has 6 nitrogen and oxygen atoms in total. The molecule has 1 aliphatic heterocycles. The molecule has 0 aromatic heterocycles. The number of piperazine rings is 1. The first kappa shape index (κ1) is 20.4. The zero-order valence-electron chi connectivity index (χ0n) is 16.5. The van der Waals surface area contributed by atoms with Crippen molar-refractivity contribution < 1.29 is 23.9 Å². The first-order valence-corrected chi connectivity index (χ1v) is 9.08. The van der Waals surface area contributed by atoms with Gasteiger partial charge in [-0.1, -0.05) is 24.3 Å². The highest BCUT2D eigenvalue weighted by atomic mass is 16.5. The first-order valence-electron chi connectivity index (χ1n) is 9.08. The average molecular weight is 363 g/mol. The summed E-state index contributed by atoms with van der Waals surface area (Å²) in [5.41, 5.74) is 1.76. The molecule has 1 fully saturated rings. The first-order chi connectivity index (χ1) is 12.1. The molecule has 0 bridgehead atoms. The number of hydrogen-bond acceptors (Lipinski definition) is 4. The highest BCUT2D eigenvalue weighted by molar-refractivity contribution is 5.72. The zero-order chi connectivity index (χ0) is 19.5. The maximum absolute atomic E-state index is 12.1. The number of carbonyl (C=O) groups is 2. The summed E-state index contributed by atoms with van der Waals surface area (Å²) < 4.78 is 4.79. The van der Waals surface area contributed by atoms with Crippen LogP contribution in [0.3, 0.4) is 0 Å². The molecule has 1 aromatic rings. The van der Waals surface area contributed by atoms with Crippen LogP contribution in [0.15, 0.2) is 24.3 Å². The third-order valence-corrected chi connectivity index (χ3v) is 5.59. The predicted molar refractivity (Wildman–Crippen MR) is 99.8 cm³/mol. The van der Waals surface area contributed by atoms with Gasteiger partial charge in [0, 0.05) is 13.1 Å². The van der Waals surface area contributed by atoms with Crippen molar-refractivity contribution in [3.8, 4) is 0 Å². The number of carbonyl (C=O) groups excluding carboxylic acids is 1. The summed E-state index contributed by atoms with van der Waals surface area (Å²) in [6.45, 7) is 10.9. The molecule has 144 valence electrons. The predicted octanol–water partition coefficient (Wildman–Crippen LogP) is 2.90. The third kappa shape index (κ3) is 4.07. The molecule has 26 heavy (non-hydrogen) atoms. The van der Waals surface area contributed by atoms with Crippen LogP contribution in [0.4, 0.5) is 4.79 Å². The number of methoxy groups -OCH3 is 1. The van der Waals surface area contributed by atoms with Crippen molar-refractivity contribution >= 4 is 12.1 Å². The fourth-order valence-electron chi connectivity index (χ4n) is 4.09. The molecule has 1 heterocycles. The Labute approximate surface area is 155 Å². The molecule has 1 aliphatic rings. The van der Waals surface area contributed by atoms with Crippen LogP contribution >= 0.6 is 0 Å². The van der Waals surface area contributed by atoms with E-state index in [1.54, 1.807) is 0 Å². The fraction of sp³-hybridized carbons (Fsp3) is 0.600. The molecular weight excluding hydrogens is 332 g/mol. The average Bonchev–Trinajstić information content (AvgIpc) is 2.55. The van der Waals surface area contributed by atoms with Gasteiger partial charge in [0.2, 0.25) is 0 Å². The lowest BCUT2D eigenvalue weighted by atomic mass is 9.95. The molecule has 1 N–H and O–H groups in total. The monoisotopic (exact) mass is 363 g/mol. The van der Waals surface area contributed by atoms with E-state index < -0.39 is 6.09 Å². The van der Waals surface area contributed by atoms with E-state index in [-0.39, 0.29) is 28.5 Å². The Morgan fingerprint density at radius 1 is 1.23 bits per heavy atom. The molecule has 6 heteroatoms. The maximum atomic E-state index is 12.1. The highest BCUT2D eigenvalue weighted by Gasteiger charge is 2.54. The van der Waals surface area contributed by atoms with E-state index in [9.17, 15) is 14.7 Å². The van der Waals surface area contributed by atoms with Crippen molar-refractivity contribution in [3.05, 3.63) is 35.4 Å². The second-order valence-electron chi connectivity index (χ2n) is 8.20. The lowest BCUT2D eigenvalue weighted by molar-refractivity contribution is -0.929. The smallest absolute Gasteiger partial charge is 0.469 e. The summed E-state index contributed by atoms with van der Waals surface area (Å²) in [6.07, 6.45) is -0.460. The summed E-state index contributed by atoms with van der Waals surface area (Å²) >= 11 is 0. The van der Waals surface area contributed by atoms with Gasteiger partial charge in [0.05, 0.1) is 20.1 Å². The van der Waals surface area contributed by atoms with Crippen molar-refractivity contribution in [1.29, 1.82) is 0 Å². The summed E-state index contributed by atoms with van der Waals surface area (Å²) in [4.78, 5) is 25.7. The van der Waals surface area contributed by atoms with Crippen LogP contribution < -0.4 is 0 Å². The minimum atomic E-state index is -0.739. The number of hydrogen-bond donors (Lipinski definition) is 1. The van der Waals surface area contributed by atoms with Crippen molar-refractivity contribution in [3.63, 3.8) is 0 Å². The number of amides is 1. The molecule has 2 rings (SSSR count). The second-order valence-corrected chi connectivity index (χ2v) is 8.20. The van der Waals surface area contributed by atoms with Crippen LogP contribution in [-0.2, 0) is 22.5 Å². The van der Waals surface area contributed by atoms with Gasteiger partial charge < -0.3 is 9.84 Å². The molecule has 0 spiro atoms. The zero-order valence-corrected chi connectivity index (χ0v) is 16.5. The minimum absolute atomic E-state index is 0.0137. The lowest BCUT2D eigenvalue weighted by Gasteiger charge is -2.52. The van der Waals surface area contributed by atoms with E-state index in [1.165, 1.54) is 7.11 Å². The molecule has 0 saturated carbocycles. The van der Waals surface area contributed by atoms with E-state index in [4.69, 9.17) is 0 Å². The van der Waals surface area contributed by atoms with Crippen molar-refractivity contribution in [2.24, 2.45) is 0 Å². The highest BCUT2D eigenvalue weighted by Crippen LogP contribution is 2.32. The lowest BCUT2D eigenvalue weighted by Crippen LogP contribution is -2.73. The van der Waals surface area contributed by atoms with Crippen LogP contribution in [0.2, 0.25) is 0 Å². The Bertz CT molecular complexity index is 651. The third-order valence-electron chi connectivity index (χ3n) is 5.59. The van der Waals surface area contributed by atoms with Gasteiger partial charge in [-0.25, -0.2) is 4.48 Å². The topological polar surface area (TPSA) is 66.8 Å². The molecular formula is C20H31N2O4+. The van der Waals surface area contributed by atoms with E-state index in [0.29, 0.717) is 6.54 Å². The second kappa shape index (κ2) is 7.76. The Hall–Kier alpha value is -1.92. The number of quaternary nitrogens is 1. The molecule has 1 amide bonds. The molecule has 1 saturated heterocycles. The van der Waals surface area contributed by atoms with Crippen LogP contribution in [0, 0.1) is 0 Å². The van der Waals surface area contributed by atoms with Gasteiger partial charge in [0.25, 0.3) is 0 Å². The van der Waals surface area contributed by atoms with E-state index in [1.807, 2.05) is 52.0 Å². The van der Waals surface area contributed by atoms with Gasteiger partial charge >= 0.3 is 12.1 Å². The van der Waals surface area contributed by atoms with Crippen molar-refractivity contribution in [1.82, 2.24) is 4.90 Å².